The van der Waals surface area contributed by atoms with E-state index in [4.69, 9.17) is 0 Å². The van der Waals surface area contributed by atoms with Crippen LogP contribution in [0.4, 0.5) is 0 Å². The molecule has 1 heterocycles. The molecule has 1 aliphatic carbocycles. The lowest BCUT2D eigenvalue weighted by Crippen LogP contribution is -2.32. The van der Waals surface area contributed by atoms with Crippen molar-refractivity contribution in [1.29, 1.82) is 0 Å². The van der Waals surface area contributed by atoms with Crippen LogP contribution in [0.3, 0.4) is 0 Å². The molecular formula is C18H24N2O2S. The van der Waals surface area contributed by atoms with Gasteiger partial charge in [-0.1, -0.05) is 25.3 Å². The molecule has 1 fully saturated rings. The molecule has 0 unspecified atom stereocenters. The van der Waals surface area contributed by atoms with Gasteiger partial charge in [0.15, 0.2) is 0 Å². The van der Waals surface area contributed by atoms with Crippen molar-refractivity contribution < 1.29 is 8.42 Å². The Bertz CT molecular complexity index is 796. The monoisotopic (exact) mass is 332 g/mol. The quantitative estimate of drug-likeness (QED) is 0.857. The van der Waals surface area contributed by atoms with Gasteiger partial charge < -0.3 is 0 Å². The summed E-state index contributed by atoms with van der Waals surface area (Å²) in [5.74, 6) is 0.485. The zero-order valence-corrected chi connectivity index (χ0v) is 14.6. The average Bonchev–Trinajstić information content (AvgIpc) is 2.56. The van der Waals surface area contributed by atoms with E-state index in [1.165, 1.54) is 23.6 Å². The molecule has 124 valence electrons. The second kappa shape index (κ2) is 6.57. The first-order chi connectivity index (χ1) is 11.0. The molecule has 0 atom stereocenters. The summed E-state index contributed by atoms with van der Waals surface area (Å²) < 4.78 is 27.6. The number of fused-ring (bicyclic) bond motifs is 1. The van der Waals surface area contributed by atoms with Crippen molar-refractivity contribution >= 4 is 20.9 Å². The number of hydrogen-bond donors (Lipinski definition) is 0. The third-order valence-corrected chi connectivity index (χ3v) is 6.74. The summed E-state index contributed by atoms with van der Waals surface area (Å²) >= 11 is 0. The Balaban J connectivity index is 1.94. The molecule has 0 aliphatic heterocycles. The fourth-order valence-corrected chi connectivity index (χ4v) is 4.94. The summed E-state index contributed by atoms with van der Waals surface area (Å²) in [5.41, 5.74) is 1.76. The van der Waals surface area contributed by atoms with E-state index in [1.54, 1.807) is 25.4 Å². The molecular weight excluding hydrogens is 308 g/mol. The lowest BCUT2D eigenvalue weighted by Gasteiger charge is -2.27. The molecule has 1 aliphatic rings. The highest BCUT2D eigenvalue weighted by Gasteiger charge is 2.26. The first-order valence-corrected chi connectivity index (χ1v) is 9.75. The van der Waals surface area contributed by atoms with Gasteiger partial charge >= 0.3 is 0 Å². The smallest absolute Gasteiger partial charge is 0.243 e. The second-order valence-electron chi connectivity index (χ2n) is 6.57. The average molecular weight is 332 g/mol. The van der Waals surface area contributed by atoms with Crippen molar-refractivity contribution in [3.8, 4) is 0 Å². The lowest BCUT2D eigenvalue weighted by atomic mass is 9.89. The fraction of sp³-hybridized carbons (Fsp3) is 0.500. The highest BCUT2D eigenvalue weighted by Crippen LogP contribution is 2.29. The van der Waals surface area contributed by atoms with Crippen LogP contribution in [0.5, 0.6) is 0 Å². The van der Waals surface area contributed by atoms with Gasteiger partial charge in [0.1, 0.15) is 0 Å². The van der Waals surface area contributed by atoms with Crippen LogP contribution in [0.2, 0.25) is 0 Å². The molecule has 0 radical (unpaired) electrons. The van der Waals surface area contributed by atoms with Crippen LogP contribution in [0.25, 0.3) is 10.9 Å². The third-order valence-electron chi connectivity index (χ3n) is 4.86. The number of benzene rings is 1. The van der Waals surface area contributed by atoms with Gasteiger partial charge in [-0.3, -0.25) is 4.98 Å². The third kappa shape index (κ3) is 3.26. The maximum absolute atomic E-state index is 13.0. The Morgan fingerprint density at radius 1 is 1.17 bits per heavy atom. The van der Waals surface area contributed by atoms with Gasteiger partial charge in [-0.2, -0.15) is 0 Å². The molecule has 1 saturated carbocycles. The number of pyridine rings is 1. The van der Waals surface area contributed by atoms with E-state index in [2.05, 4.69) is 4.98 Å². The van der Waals surface area contributed by atoms with Crippen LogP contribution in [0, 0.1) is 12.8 Å². The van der Waals surface area contributed by atoms with E-state index >= 15 is 0 Å². The van der Waals surface area contributed by atoms with Crippen LogP contribution >= 0.6 is 0 Å². The molecule has 1 aromatic carbocycles. The summed E-state index contributed by atoms with van der Waals surface area (Å²) in [6.07, 6.45) is 7.69. The largest absolute Gasteiger partial charge is 0.256 e. The van der Waals surface area contributed by atoms with Crippen molar-refractivity contribution in [2.24, 2.45) is 5.92 Å². The van der Waals surface area contributed by atoms with Gasteiger partial charge in [0.05, 0.1) is 10.4 Å². The number of sulfonamides is 1. The number of nitrogens with zero attached hydrogens (tertiary/aromatic N) is 2. The Labute approximate surface area is 138 Å². The molecule has 2 aromatic rings. The molecule has 5 heteroatoms. The fourth-order valence-electron chi connectivity index (χ4n) is 3.51. The van der Waals surface area contributed by atoms with Crippen molar-refractivity contribution in [1.82, 2.24) is 9.29 Å². The van der Waals surface area contributed by atoms with E-state index in [0.717, 1.165) is 23.9 Å². The molecule has 1 aromatic heterocycles. The first kappa shape index (κ1) is 16.4. The van der Waals surface area contributed by atoms with Crippen LogP contribution < -0.4 is 0 Å². The Kier molecular flexibility index (Phi) is 4.69. The summed E-state index contributed by atoms with van der Waals surface area (Å²) in [5, 5.41) is 0.711. The van der Waals surface area contributed by atoms with Crippen molar-refractivity contribution in [2.45, 2.75) is 43.9 Å². The van der Waals surface area contributed by atoms with Gasteiger partial charge in [-0.25, -0.2) is 12.7 Å². The zero-order chi connectivity index (χ0) is 16.4. The minimum absolute atomic E-state index is 0.365. The van der Waals surface area contributed by atoms with Crippen LogP contribution in [-0.4, -0.2) is 31.3 Å². The molecule has 0 spiro atoms. The summed E-state index contributed by atoms with van der Waals surface area (Å²) in [7, 11) is -1.79. The Morgan fingerprint density at radius 2 is 1.91 bits per heavy atom. The van der Waals surface area contributed by atoms with E-state index in [0.29, 0.717) is 22.7 Å². The highest BCUT2D eigenvalue weighted by atomic mass is 32.2. The van der Waals surface area contributed by atoms with Crippen LogP contribution in [0.15, 0.2) is 35.4 Å². The second-order valence-corrected chi connectivity index (χ2v) is 8.58. The normalized spacial score (nSPS) is 17.0. The maximum atomic E-state index is 13.0. The standard InChI is InChI=1S/C18H24N2O2S/c1-14-10-11-17(16-9-6-12-19-18(14)16)23(21,22)20(2)13-15-7-4-3-5-8-15/h6,9-12,15H,3-5,7-8,13H2,1-2H3. The highest BCUT2D eigenvalue weighted by molar-refractivity contribution is 7.89. The van der Waals surface area contributed by atoms with Crippen molar-refractivity contribution in [3.05, 3.63) is 36.0 Å². The van der Waals surface area contributed by atoms with Crippen LogP contribution in [-0.2, 0) is 10.0 Å². The Morgan fingerprint density at radius 3 is 2.65 bits per heavy atom. The number of rotatable bonds is 4. The van der Waals surface area contributed by atoms with E-state index in [-0.39, 0.29) is 0 Å². The number of hydrogen-bond acceptors (Lipinski definition) is 3. The molecule has 0 saturated heterocycles. The molecule has 0 N–H and O–H groups in total. The SMILES string of the molecule is Cc1ccc(S(=O)(=O)N(C)CC2CCCCC2)c2cccnc12. The van der Waals surface area contributed by atoms with E-state index in [9.17, 15) is 8.42 Å². The Hall–Kier alpha value is -1.46. The number of aryl methyl sites for hydroxylation is 1. The van der Waals surface area contributed by atoms with Gasteiger partial charge in [0.2, 0.25) is 10.0 Å². The van der Waals surface area contributed by atoms with Gasteiger partial charge in [0.25, 0.3) is 0 Å². The number of aromatic nitrogens is 1. The van der Waals surface area contributed by atoms with Gasteiger partial charge in [-0.15, -0.1) is 0 Å². The lowest BCUT2D eigenvalue weighted by molar-refractivity contribution is 0.300. The predicted octanol–water partition coefficient (Wildman–Crippen LogP) is 3.74. The topological polar surface area (TPSA) is 50.3 Å². The molecule has 4 nitrogen and oxygen atoms in total. The van der Waals surface area contributed by atoms with E-state index < -0.39 is 10.0 Å². The van der Waals surface area contributed by atoms with Crippen molar-refractivity contribution in [3.63, 3.8) is 0 Å². The van der Waals surface area contributed by atoms with Crippen LogP contribution in [0.1, 0.15) is 37.7 Å². The van der Waals surface area contributed by atoms with Gasteiger partial charge in [-0.05, 0) is 49.4 Å². The summed E-state index contributed by atoms with van der Waals surface area (Å²) in [6.45, 7) is 2.56. The summed E-state index contributed by atoms with van der Waals surface area (Å²) in [4.78, 5) is 4.71. The summed E-state index contributed by atoms with van der Waals surface area (Å²) in [6, 6.07) is 7.20. The molecule has 23 heavy (non-hydrogen) atoms. The molecule has 3 rings (SSSR count). The minimum atomic E-state index is -3.49. The predicted molar refractivity (Wildman–Crippen MR) is 92.9 cm³/mol. The maximum Gasteiger partial charge on any atom is 0.243 e. The first-order valence-electron chi connectivity index (χ1n) is 8.31. The zero-order valence-electron chi connectivity index (χ0n) is 13.8. The van der Waals surface area contributed by atoms with Gasteiger partial charge in [0, 0.05) is 25.2 Å². The molecule has 0 bridgehead atoms. The van der Waals surface area contributed by atoms with E-state index in [1.807, 2.05) is 19.1 Å². The minimum Gasteiger partial charge on any atom is -0.256 e. The van der Waals surface area contributed by atoms with Crippen molar-refractivity contribution in [2.75, 3.05) is 13.6 Å². The molecule has 0 amide bonds.